The maximum absolute atomic E-state index is 12.4. The van der Waals surface area contributed by atoms with Gasteiger partial charge < -0.3 is 11.1 Å². The zero-order valence-electron chi connectivity index (χ0n) is 11.5. The first-order chi connectivity index (χ1) is 9.97. The molecule has 0 unspecified atom stereocenters. The van der Waals surface area contributed by atoms with Gasteiger partial charge in [0, 0.05) is 17.2 Å². The van der Waals surface area contributed by atoms with Crippen molar-refractivity contribution in [1.82, 2.24) is 9.78 Å². The summed E-state index contributed by atoms with van der Waals surface area (Å²) in [5, 5.41) is 8.04. The number of nitrogens with one attached hydrogen (secondary N) is 1. The molecule has 21 heavy (non-hydrogen) atoms. The third-order valence-electron chi connectivity index (χ3n) is 3.17. The number of benzene rings is 1. The van der Waals surface area contributed by atoms with Crippen LogP contribution in [0.4, 0.5) is 11.4 Å². The van der Waals surface area contributed by atoms with E-state index in [2.05, 4.69) is 26.3 Å². The number of thiophene rings is 1. The van der Waals surface area contributed by atoms with E-state index in [-0.39, 0.29) is 5.91 Å². The molecular weight excluding hydrogens is 352 g/mol. The summed E-state index contributed by atoms with van der Waals surface area (Å²) >= 11 is 4.73. The monoisotopic (exact) mass is 364 g/mol. The number of hydrogen-bond acceptors (Lipinski definition) is 4. The van der Waals surface area contributed by atoms with Crippen LogP contribution in [-0.4, -0.2) is 15.7 Å². The van der Waals surface area contributed by atoms with Crippen molar-refractivity contribution in [1.29, 1.82) is 0 Å². The topological polar surface area (TPSA) is 72.9 Å². The Balaban J connectivity index is 1.98. The van der Waals surface area contributed by atoms with Crippen molar-refractivity contribution < 1.29 is 4.79 Å². The van der Waals surface area contributed by atoms with Crippen LogP contribution in [0.1, 0.15) is 15.4 Å². The first-order valence-electron chi connectivity index (χ1n) is 6.26. The third-order valence-corrected chi connectivity index (χ3v) is 4.94. The number of nitrogen functional groups attached to an aromatic ring is 1. The van der Waals surface area contributed by atoms with E-state index < -0.39 is 0 Å². The number of aromatic nitrogens is 2. The smallest absolute Gasteiger partial charge is 0.267 e. The lowest BCUT2D eigenvalue weighted by Gasteiger charge is -2.04. The van der Waals surface area contributed by atoms with Gasteiger partial charge in [0.05, 0.1) is 16.8 Å². The number of carbonyl (C=O) groups excluding carboxylic acids is 1. The number of aryl methyl sites for hydroxylation is 2. The minimum absolute atomic E-state index is 0.203. The molecule has 7 heteroatoms. The van der Waals surface area contributed by atoms with Crippen LogP contribution in [0.3, 0.4) is 0 Å². The van der Waals surface area contributed by atoms with Gasteiger partial charge in [0.2, 0.25) is 0 Å². The molecule has 2 heterocycles. The van der Waals surface area contributed by atoms with Gasteiger partial charge in [-0.15, -0.1) is 11.3 Å². The number of nitrogens with two attached hydrogens (primary N) is 1. The van der Waals surface area contributed by atoms with E-state index in [0.29, 0.717) is 10.6 Å². The van der Waals surface area contributed by atoms with Gasteiger partial charge in [0.15, 0.2) is 0 Å². The van der Waals surface area contributed by atoms with Crippen LogP contribution in [0.15, 0.2) is 28.7 Å². The van der Waals surface area contributed by atoms with Gasteiger partial charge in [-0.2, -0.15) is 5.10 Å². The van der Waals surface area contributed by atoms with Crippen LogP contribution in [0.2, 0.25) is 0 Å². The predicted octanol–water partition coefficient (Wildman–Crippen LogP) is 3.54. The van der Waals surface area contributed by atoms with Crippen molar-refractivity contribution in [2.75, 3.05) is 11.1 Å². The molecule has 0 aliphatic rings. The zero-order chi connectivity index (χ0) is 15.1. The number of halogens is 1. The maximum atomic E-state index is 12.4. The molecule has 1 amide bonds. The summed E-state index contributed by atoms with van der Waals surface area (Å²) in [6.07, 6.45) is 0. The second-order valence-corrected chi connectivity index (χ2v) is 6.61. The quantitative estimate of drug-likeness (QED) is 0.730. The number of fused-ring (bicyclic) bond motifs is 1. The Hall–Kier alpha value is -1.86. The summed E-state index contributed by atoms with van der Waals surface area (Å²) in [6, 6.07) is 7.44. The van der Waals surface area contributed by atoms with E-state index in [1.165, 1.54) is 11.3 Å². The average Bonchev–Trinajstić information content (AvgIpc) is 2.89. The van der Waals surface area contributed by atoms with Crippen molar-refractivity contribution in [2.45, 2.75) is 6.92 Å². The van der Waals surface area contributed by atoms with Crippen LogP contribution in [0, 0.1) is 6.92 Å². The van der Waals surface area contributed by atoms with Crippen LogP contribution in [-0.2, 0) is 7.05 Å². The molecule has 0 bridgehead atoms. The van der Waals surface area contributed by atoms with E-state index in [9.17, 15) is 4.79 Å². The van der Waals surface area contributed by atoms with Crippen LogP contribution in [0.5, 0.6) is 0 Å². The van der Waals surface area contributed by atoms with Gasteiger partial charge in [-0.1, -0.05) is 22.0 Å². The average molecular weight is 365 g/mol. The van der Waals surface area contributed by atoms with Crippen molar-refractivity contribution in [2.24, 2.45) is 7.05 Å². The SMILES string of the molecule is Cc1nn(C)c2sc(C(=O)Nc3cccc(Br)c3)c(N)c12. The highest BCUT2D eigenvalue weighted by atomic mass is 79.9. The number of nitrogens with zero attached hydrogens (tertiary/aromatic N) is 2. The lowest BCUT2D eigenvalue weighted by atomic mass is 10.2. The number of carbonyl (C=O) groups is 1. The molecule has 3 N–H and O–H groups in total. The van der Waals surface area contributed by atoms with E-state index in [4.69, 9.17) is 5.73 Å². The normalized spacial score (nSPS) is 11.0. The number of hydrogen-bond donors (Lipinski definition) is 2. The summed E-state index contributed by atoms with van der Waals surface area (Å²) in [4.78, 5) is 13.8. The van der Waals surface area contributed by atoms with Crippen molar-refractivity contribution in [3.63, 3.8) is 0 Å². The summed E-state index contributed by atoms with van der Waals surface area (Å²) in [7, 11) is 1.85. The molecule has 2 aromatic heterocycles. The molecule has 0 saturated heterocycles. The first-order valence-corrected chi connectivity index (χ1v) is 7.87. The minimum atomic E-state index is -0.203. The lowest BCUT2D eigenvalue weighted by molar-refractivity contribution is 0.103. The highest BCUT2D eigenvalue weighted by molar-refractivity contribution is 9.10. The van der Waals surface area contributed by atoms with E-state index in [1.54, 1.807) is 4.68 Å². The summed E-state index contributed by atoms with van der Waals surface area (Å²) in [6.45, 7) is 1.89. The Morgan fingerprint density at radius 2 is 2.24 bits per heavy atom. The Kier molecular flexibility index (Phi) is 3.46. The molecule has 0 atom stereocenters. The largest absolute Gasteiger partial charge is 0.397 e. The molecule has 0 aliphatic carbocycles. The molecule has 3 rings (SSSR count). The van der Waals surface area contributed by atoms with Crippen molar-refractivity contribution in [3.8, 4) is 0 Å². The Morgan fingerprint density at radius 1 is 1.48 bits per heavy atom. The van der Waals surface area contributed by atoms with Gasteiger partial charge >= 0.3 is 0 Å². The number of rotatable bonds is 2. The molecule has 108 valence electrons. The molecule has 5 nitrogen and oxygen atoms in total. The number of amides is 1. The molecule has 0 saturated carbocycles. The highest BCUT2D eigenvalue weighted by Crippen LogP contribution is 2.35. The van der Waals surface area contributed by atoms with Gasteiger partial charge in [0.1, 0.15) is 9.71 Å². The van der Waals surface area contributed by atoms with E-state index >= 15 is 0 Å². The fourth-order valence-corrected chi connectivity index (χ4v) is 3.73. The molecule has 1 aromatic carbocycles. The fourth-order valence-electron chi connectivity index (χ4n) is 2.25. The molecule has 0 radical (unpaired) electrons. The summed E-state index contributed by atoms with van der Waals surface area (Å²) < 4.78 is 2.66. The molecular formula is C14H13BrN4OS. The van der Waals surface area contributed by atoms with Gasteiger partial charge in [-0.3, -0.25) is 9.48 Å². The van der Waals surface area contributed by atoms with E-state index in [0.717, 1.165) is 26.1 Å². The molecule has 0 fully saturated rings. The Labute approximate surface area is 133 Å². The van der Waals surface area contributed by atoms with Gasteiger partial charge in [-0.25, -0.2) is 0 Å². The van der Waals surface area contributed by atoms with Gasteiger partial charge in [0.25, 0.3) is 5.91 Å². The van der Waals surface area contributed by atoms with E-state index in [1.807, 2.05) is 38.2 Å². The van der Waals surface area contributed by atoms with Crippen molar-refractivity contribution in [3.05, 3.63) is 39.3 Å². The van der Waals surface area contributed by atoms with Crippen LogP contribution in [0.25, 0.3) is 10.2 Å². The molecule has 3 aromatic rings. The Bertz CT molecular complexity index is 852. The molecule has 0 aliphatic heterocycles. The zero-order valence-corrected chi connectivity index (χ0v) is 13.9. The van der Waals surface area contributed by atoms with Crippen LogP contribution < -0.4 is 11.1 Å². The Morgan fingerprint density at radius 3 is 2.90 bits per heavy atom. The third kappa shape index (κ3) is 2.43. The maximum Gasteiger partial charge on any atom is 0.267 e. The highest BCUT2D eigenvalue weighted by Gasteiger charge is 2.21. The second-order valence-electron chi connectivity index (χ2n) is 4.70. The number of anilines is 2. The van der Waals surface area contributed by atoms with Crippen LogP contribution >= 0.6 is 27.3 Å². The minimum Gasteiger partial charge on any atom is -0.397 e. The first kappa shape index (κ1) is 14.1. The summed E-state index contributed by atoms with van der Waals surface area (Å²) in [5.41, 5.74) is 8.18. The summed E-state index contributed by atoms with van der Waals surface area (Å²) in [5.74, 6) is -0.203. The predicted molar refractivity (Wildman–Crippen MR) is 89.8 cm³/mol. The lowest BCUT2D eigenvalue weighted by Crippen LogP contribution is -2.12. The molecule has 0 spiro atoms. The van der Waals surface area contributed by atoms with Gasteiger partial charge in [-0.05, 0) is 25.1 Å². The fraction of sp³-hybridized carbons (Fsp3) is 0.143. The van der Waals surface area contributed by atoms with Crippen molar-refractivity contribution >= 4 is 54.8 Å². The standard InChI is InChI=1S/C14H13BrN4OS/c1-7-10-11(16)12(21-14(10)19(2)18-7)13(20)17-9-5-3-4-8(15)6-9/h3-6H,16H2,1-2H3,(H,17,20). The second kappa shape index (κ2) is 5.16.